The SMILES string of the molecule is CCCCCCCCCCCCCCCCCCCCCCC(=O)OC[C@H](COP(=O)(O)OC[C@@H](O)COP(=O)(O)OC[C@@H](COC(=O)CCCCCCCCCCC(C)C)OC(=O)CCCCCCCCCCCCCCCC(C)C)OC(=O)CCCCCCCCCCCCCCCCCCCCCC. The van der Waals surface area contributed by atoms with Gasteiger partial charge in [-0.25, -0.2) is 9.13 Å². The van der Waals surface area contributed by atoms with Gasteiger partial charge in [-0.3, -0.25) is 37.3 Å². The van der Waals surface area contributed by atoms with E-state index in [0.29, 0.717) is 25.7 Å². The third-order valence-electron chi connectivity index (χ3n) is 20.7. The van der Waals surface area contributed by atoms with Crippen molar-refractivity contribution in [2.45, 2.75) is 490 Å². The Morgan fingerprint density at radius 3 is 0.636 bits per heavy atom. The molecule has 0 bridgehead atoms. The Hall–Kier alpha value is -1.94. The number of ether oxygens (including phenoxy) is 4. The quantitative estimate of drug-likeness (QED) is 0.0222. The maximum Gasteiger partial charge on any atom is 0.472 e. The summed E-state index contributed by atoms with van der Waals surface area (Å²) in [5.74, 6) is -0.588. The van der Waals surface area contributed by atoms with Crippen LogP contribution in [0.4, 0.5) is 0 Å². The Kier molecular flexibility index (Phi) is 77.9. The zero-order chi connectivity index (χ0) is 78.5. The van der Waals surface area contributed by atoms with Crippen LogP contribution in [0, 0.1) is 11.8 Å². The van der Waals surface area contributed by atoms with Gasteiger partial charge in [-0.15, -0.1) is 0 Å². The molecule has 0 spiro atoms. The zero-order valence-electron chi connectivity index (χ0n) is 70.5. The highest BCUT2D eigenvalue weighted by molar-refractivity contribution is 7.47. The van der Waals surface area contributed by atoms with Gasteiger partial charge in [0, 0.05) is 25.7 Å². The number of unbranched alkanes of at least 4 members (excludes halogenated alkanes) is 57. The van der Waals surface area contributed by atoms with Gasteiger partial charge >= 0.3 is 39.5 Å². The lowest BCUT2D eigenvalue weighted by atomic mass is 10.0. The molecule has 0 heterocycles. The van der Waals surface area contributed by atoms with Crippen molar-refractivity contribution in [1.82, 2.24) is 0 Å². The highest BCUT2D eigenvalue weighted by atomic mass is 31.2. The second-order valence-electron chi connectivity index (χ2n) is 32.6. The molecule has 0 aromatic heterocycles. The van der Waals surface area contributed by atoms with Crippen LogP contribution >= 0.6 is 15.6 Å². The van der Waals surface area contributed by atoms with Crippen LogP contribution in [0.1, 0.15) is 472 Å². The summed E-state index contributed by atoms with van der Waals surface area (Å²) in [6.45, 7) is 9.66. The normalized spacial score (nSPS) is 13.8. The average molecular weight is 1560 g/mol. The highest BCUT2D eigenvalue weighted by Gasteiger charge is 2.30. The highest BCUT2D eigenvalue weighted by Crippen LogP contribution is 2.45. The predicted octanol–water partition coefficient (Wildman–Crippen LogP) is 27.0. The second kappa shape index (κ2) is 79.3. The van der Waals surface area contributed by atoms with Crippen molar-refractivity contribution in [3.63, 3.8) is 0 Å². The minimum atomic E-state index is -4.97. The molecular weight excluding hydrogens is 1390 g/mol. The number of carbonyl (C=O) groups is 4. The molecule has 19 heteroatoms. The van der Waals surface area contributed by atoms with E-state index in [9.17, 15) is 43.2 Å². The summed E-state index contributed by atoms with van der Waals surface area (Å²) < 4.78 is 69.0. The fourth-order valence-corrected chi connectivity index (χ4v) is 15.4. The maximum absolute atomic E-state index is 13.2. The lowest BCUT2D eigenvalue weighted by Gasteiger charge is -2.21. The van der Waals surface area contributed by atoms with E-state index in [-0.39, 0.29) is 25.7 Å². The predicted molar refractivity (Wildman–Crippen MR) is 442 cm³/mol. The molecular formula is C88H172O17P2. The largest absolute Gasteiger partial charge is 0.472 e. The summed E-state index contributed by atoms with van der Waals surface area (Å²) in [6.07, 6.45) is 72.4. The Labute approximate surface area is 658 Å². The van der Waals surface area contributed by atoms with Crippen LogP contribution in [0.15, 0.2) is 0 Å². The van der Waals surface area contributed by atoms with Crippen molar-refractivity contribution in [3.8, 4) is 0 Å². The molecule has 0 saturated heterocycles. The molecule has 0 fully saturated rings. The monoisotopic (exact) mass is 1560 g/mol. The van der Waals surface area contributed by atoms with Crippen LogP contribution in [-0.4, -0.2) is 96.7 Å². The first-order valence-electron chi connectivity index (χ1n) is 45.5. The van der Waals surface area contributed by atoms with Crippen LogP contribution in [0.2, 0.25) is 0 Å². The van der Waals surface area contributed by atoms with Crippen molar-refractivity contribution in [1.29, 1.82) is 0 Å². The van der Waals surface area contributed by atoms with Gasteiger partial charge < -0.3 is 33.8 Å². The van der Waals surface area contributed by atoms with E-state index in [4.69, 9.17) is 37.0 Å². The maximum atomic E-state index is 13.2. The van der Waals surface area contributed by atoms with Crippen molar-refractivity contribution < 1.29 is 80.2 Å². The molecule has 636 valence electrons. The van der Waals surface area contributed by atoms with E-state index >= 15 is 0 Å². The van der Waals surface area contributed by atoms with Gasteiger partial charge in [0.1, 0.15) is 19.3 Å². The number of phosphoric ester groups is 2. The van der Waals surface area contributed by atoms with Crippen LogP contribution in [0.25, 0.3) is 0 Å². The molecule has 107 heavy (non-hydrogen) atoms. The molecule has 2 unspecified atom stereocenters. The van der Waals surface area contributed by atoms with E-state index in [1.54, 1.807) is 0 Å². The van der Waals surface area contributed by atoms with E-state index in [1.165, 1.54) is 289 Å². The number of hydrogen-bond donors (Lipinski definition) is 3. The standard InChI is InChI=1S/C88H172O17P2/c1-7-9-11-13-15-17-19-21-23-25-27-29-31-33-37-41-45-52-58-64-70-85(90)98-76-83(104-87(92)72-66-60-54-46-42-38-34-32-30-28-26-24-22-20-18-16-14-12-10-8-2)78-102-106(94,95)100-74-82(89)75-101-107(96,97)103-79-84(77-99-86(91)71-65-59-53-49-48-51-57-63-69-81(5)6)105-88(93)73-67-61-55-47-43-39-35-36-40-44-50-56-62-68-80(3)4/h80-84,89H,7-79H2,1-6H3,(H,94,95)(H,96,97)/t82-,83-,84-/m1/s1. The van der Waals surface area contributed by atoms with Crippen molar-refractivity contribution in [2.24, 2.45) is 11.8 Å². The summed E-state index contributed by atoms with van der Waals surface area (Å²) in [6, 6.07) is 0. The number of aliphatic hydroxyl groups is 1. The van der Waals surface area contributed by atoms with Gasteiger partial charge in [0.05, 0.1) is 26.4 Å². The third kappa shape index (κ3) is 81.9. The molecule has 0 aromatic rings. The van der Waals surface area contributed by atoms with Crippen molar-refractivity contribution in [3.05, 3.63) is 0 Å². The fraction of sp³-hybridized carbons (Fsp3) is 0.955. The van der Waals surface area contributed by atoms with E-state index in [1.807, 2.05) is 0 Å². The van der Waals surface area contributed by atoms with Gasteiger partial charge in [0.15, 0.2) is 12.2 Å². The minimum absolute atomic E-state index is 0.107. The zero-order valence-corrected chi connectivity index (χ0v) is 72.2. The van der Waals surface area contributed by atoms with Gasteiger partial charge in [-0.1, -0.05) is 420 Å². The van der Waals surface area contributed by atoms with Gasteiger partial charge in [0.2, 0.25) is 0 Å². The molecule has 5 atom stereocenters. The molecule has 3 N–H and O–H groups in total. The van der Waals surface area contributed by atoms with Crippen LogP contribution in [0.3, 0.4) is 0 Å². The summed E-state index contributed by atoms with van der Waals surface area (Å²) in [5, 5.41) is 10.7. The first kappa shape index (κ1) is 105. The van der Waals surface area contributed by atoms with E-state index < -0.39 is 97.5 Å². The average Bonchev–Trinajstić information content (AvgIpc) is 0.905. The Morgan fingerprint density at radius 1 is 0.252 bits per heavy atom. The van der Waals surface area contributed by atoms with Crippen molar-refractivity contribution in [2.75, 3.05) is 39.6 Å². The second-order valence-corrected chi connectivity index (χ2v) is 35.5. The summed E-state index contributed by atoms with van der Waals surface area (Å²) >= 11 is 0. The van der Waals surface area contributed by atoms with Crippen molar-refractivity contribution >= 4 is 39.5 Å². The topological polar surface area (TPSA) is 237 Å². The molecule has 0 radical (unpaired) electrons. The minimum Gasteiger partial charge on any atom is -0.462 e. The molecule has 0 aliphatic carbocycles. The molecule has 0 saturated carbocycles. The lowest BCUT2D eigenvalue weighted by molar-refractivity contribution is -0.161. The molecule has 0 amide bonds. The van der Waals surface area contributed by atoms with Crippen LogP contribution < -0.4 is 0 Å². The van der Waals surface area contributed by atoms with Gasteiger partial charge in [-0.2, -0.15) is 0 Å². The van der Waals surface area contributed by atoms with Crippen LogP contribution in [0.5, 0.6) is 0 Å². The third-order valence-corrected chi connectivity index (χ3v) is 22.6. The Balaban J connectivity index is 5.24. The van der Waals surface area contributed by atoms with Crippen LogP contribution in [-0.2, 0) is 65.4 Å². The van der Waals surface area contributed by atoms with Gasteiger partial charge in [-0.05, 0) is 37.5 Å². The number of carbonyl (C=O) groups excluding carboxylic acids is 4. The molecule has 0 aromatic carbocycles. The van der Waals surface area contributed by atoms with E-state index in [0.717, 1.165) is 102 Å². The number of rotatable bonds is 87. The summed E-state index contributed by atoms with van der Waals surface area (Å²) in [5.41, 5.74) is 0. The smallest absolute Gasteiger partial charge is 0.462 e. The summed E-state index contributed by atoms with van der Waals surface area (Å²) in [4.78, 5) is 73.3. The number of esters is 4. The number of hydrogen-bond acceptors (Lipinski definition) is 15. The fourth-order valence-electron chi connectivity index (χ4n) is 13.8. The first-order chi connectivity index (χ1) is 51.9. The van der Waals surface area contributed by atoms with Gasteiger partial charge in [0.25, 0.3) is 0 Å². The number of aliphatic hydroxyl groups excluding tert-OH is 1. The van der Waals surface area contributed by atoms with E-state index in [2.05, 4.69) is 41.5 Å². The number of phosphoric acid groups is 2. The first-order valence-corrected chi connectivity index (χ1v) is 48.5. The lowest BCUT2D eigenvalue weighted by Crippen LogP contribution is -2.30. The molecule has 0 aliphatic rings. The molecule has 17 nitrogen and oxygen atoms in total. The Bertz CT molecular complexity index is 2050. The summed E-state index contributed by atoms with van der Waals surface area (Å²) in [7, 11) is -9.93. The molecule has 0 rings (SSSR count). The Morgan fingerprint density at radius 2 is 0.430 bits per heavy atom. The molecule has 0 aliphatic heterocycles.